The molecule has 0 unspecified atom stereocenters. The molecule has 0 heterocycles. The fourth-order valence-electron chi connectivity index (χ4n) is 4.23. The van der Waals surface area contributed by atoms with Gasteiger partial charge in [-0.2, -0.15) is 0 Å². The third kappa shape index (κ3) is 8.38. The first-order valence-corrected chi connectivity index (χ1v) is 15.2. The summed E-state index contributed by atoms with van der Waals surface area (Å²) in [5.74, 6) is -0.330. The van der Waals surface area contributed by atoms with E-state index in [9.17, 15) is 18.0 Å². The quantitative estimate of drug-likeness (QED) is 0.287. The van der Waals surface area contributed by atoms with E-state index in [-0.39, 0.29) is 33.1 Å². The Morgan fingerprint density at radius 3 is 2.22 bits per heavy atom. The van der Waals surface area contributed by atoms with E-state index in [1.807, 2.05) is 26.8 Å². The van der Waals surface area contributed by atoms with E-state index in [1.54, 1.807) is 43.3 Å². The van der Waals surface area contributed by atoms with Gasteiger partial charge in [0.05, 0.1) is 27.7 Å². The average molecular weight is 621 g/mol. The summed E-state index contributed by atoms with van der Waals surface area (Å²) in [6.45, 7) is 6.82. The molecule has 0 saturated carbocycles. The average Bonchev–Trinajstić information content (AvgIpc) is 2.92. The maximum Gasteiger partial charge on any atom is 0.264 e. The maximum atomic E-state index is 14.1. The van der Waals surface area contributed by atoms with Crippen molar-refractivity contribution in [3.05, 3.63) is 88.4 Å². The van der Waals surface area contributed by atoms with E-state index in [0.29, 0.717) is 17.7 Å². The van der Waals surface area contributed by atoms with Crippen molar-refractivity contribution in [1.82, 2.24) is 10.2 Å². The highest BCUT2D eigenvalue weighted by Gasteiger charge is 2.34. The van der Waals surface area contributed by atoms with Crippen LogP contribution in [0.25, 0.3) is 0 Å². The molecule has 0 aliphatic heterocycles. The van der Waals surface area contributed by atoms with Crippen LogP contribution in [-0.2, 0) is 26.2 Å². The highest BCUT2D eigenvalue weighted by molar-refractivity contribution is 7.92. The number of anilines is 1. The van der Waals surface area contributed by atoms with E-state index < -0.39 is 34.1 Å². The minimum atomic E-state index is -4.21. The van der Waals surface area contributed by atoms with Crippen LogP contribution >= 0.6 is 23.2 Å². The Labute approximate surface area is 252 Å². The Bertz CT molecular complexity index is 1480. The monoisotopic (exact) mass is 619 g/mol. The second-order valence-corrected chi connectivity index (χ2v) is 13.1. The molecule has 3 aromatic carbocycles. The van der Waals surface area contributed by atoms with Crippen LogP contribution in [0.4, 0.5) is 5.69 Å². The van der Waals surface area contributed by atoms with Gasteiger partial charge >= 0.3 is 0 Å². The van der Waals surface area contributed by atoms with Gasteiger partial charge in [-0.3, -0.25) is 13.9 Å². The van der Waals surface area contributed by atoms with Crippen LogP contribution in [0.2, 0.25) is 10.0 Å². The fraction of sp³-hybridized carbons (Fsp3) is 0.333. The van der Waals surface area contributed by atoms with Crippen LogP contribution in [-0.4, -0.2) is 50.4 Å². The van der Waals surface area contributed by atoms with E-state index in [2.05, 4.69) is 5.32 Å². The molecule has 3 aromatic rings. The fourth-order valence-corrected chi connectivity index (χ4v) is 5.95. The molecule has 11 heteroatoms. The molecule has 0 aliphatic rings. The first-order valence-electron chi connectivity index (χ1n) is 13.0. The number of benzene rings is 3. The van der Waals surface area contributed by atoms with Gasteiger partial charge in [0, 0.05) is 12.1 Å². The Morgan fingerprint density at radius 1 is 0.951 bits per heavy atom. The predicted molar refractivity (Wildman–Crippen MR) is 163 cm³/mol. The van der Waals surface area contributed by atoms with Gasteiger partial charge in [-0.1, -0.05) is 60.5 Å². The molecular formula is C30H35Cl2N3O5S. The summed E-state index contributed by atoms with van der Waals surface area (Å²) in [7, 11) is -2.67. The SMILES string of the molecule is CC[C@@H](C(=O)NC(C)(C)C)N(Cc1cccc(OC)c1)C(=O)CN(c1ccc(Cl)c(Cl)c1)S(=O)(=O)c1ccccc1. The van der Waals surface area contributed by atoms with Crippen molar-refractivity contribution < 1.29 is 22.7 Å². The van der Waals surface area contributed by atoms with Crippen molar-refractivity contribution in [1.29, 1.82) is 0 Å². The van der Waals surface area contributed by atoms with Crippen LogP contribution in [0.1, 0.15) is 39.7 Å². The van der Waals surface area contributed by atoms with Crippen molar-refractivity contribution in [3.8, 4) is 5.75 Å². The molecule has 2 amide bonds. The van der Waals surface area contributed by atoms with Crippen LogP contribution in [0, 0.1) is 0 Å². The van der Waals surface area contributed by atoms with Crippen molar-refractivity contribution >= 4 is 50.7 Å². The van der Waals surface area contributed by atoms with Crippen molar-refractivity contribution in [2.45, 2.75) is 57.1 Å². The lowest BCUT2D eigenvalue weighted by Gasteiger charge is -2.35. The summed E-state index contributed by atoms with van der Waals surface area (Å²) in [4.78, 5) is 28.9. The Balaban J connectivity index is 2.09. The minimum Gasteiger partial charge on any atom is -0.497 e. The summed E-state index contributed by atoms with van der Waals surface area (Å²) >= 11 is 12.4. The Hall–Kier alpha value is -3.27. The van der Waals surface area contributed by atoms with Crippen molar-refractivity contribution in [2.24, 2.45) is 0 Å². The number of sulfonamides is 1. The van der Waals surface area contributed by atoms with E-state index in [0.717, 1.165) is 4.31 Å². The number of ether oxygens (including phenoxy) is 1. The molecule has 0 bridgehead atoms. The smallest absolute Gasteiger partial charge is 0.264 e. The highest BCUT2D eigenvalue weighted by Crippen LogP contribution is 2.31. The second-order valence-electron chi connectivity index (χ2n) is 10.5. The molecule has 0 aliphatic carbocycles. The van der Waals surface area contributed by atoms with Crippen LogP contribution in [0.15, 0.2) is 77.7 Å². The zero-order chi connectivity index (χ0) is 30.4. The number of carbonyl (C=O) groups is 2. The summed E-state index contributed by atoms with van der Waals surface area (Å²) in [5, 5.41) is 3.32. The lowest BCUT2D eigenvalue weighted by Crippen LogP contribution is -2.55. The van der Waals surface area contributed by atoms with Crippen LogP contribution in [0.3, 0.4) is 0 Å². The predicted octanol–water partition coefficient (Wildman–Crippen LogP) is 5.92. The van der Waals surface area contributed by atoms with Gasteiger partial charge in [-0.15, -0.1) is 0 Å². The number of carbonyl (C=O) groups excluding carboxylic acids is 2. The van der Waals surface area contributed by atoms with E-state index in [4.69, 9.17) is 27.9 Å². The number of rotatable bonds is 11. The third-order valence-electron chi connectivity index (χ3n) is 6.17. The number of amides is 2. The van der Waals surface area contributed by atoms with Gasteiger partial charge in [0.25, 0.3) is 10.0 Å². The number of methoxy groups -OCH3 is 1. The number of nitrogens with one attached hydrogen (secondary N) is 1. The minimum absolute atomic E-state index is 0.00395. The standard InChI is InChI=1S/C30H35Cl2N3O5S/c1-6-27(29(37)33-30(2,3)4)34(19-21-11-10-12-23(17-21)40-5)28(36)20-35(22-15-16-25(31)26(32)18-22)41(38,39)24-13-8-7-9-14-24/h7-18,27H,6,19-20H2,1-5H3,(H,33,37)/t27-/m0/s1. The molecule has 0 radical (unpaired) electrons. The van der Waals surface area contributed by atoms with Gasteiger partial charge in [0.1, 0.15) is 18.3 Å². The molecule has 0 spiro atoms. The van der Waals surface area contributed by atoms with Crippen molar-refractivity contribution in [2.75, 3.05) is 18.0 Å². The lowest BCUT2D eigenvalue weighted by atomic mass is 10.1. The number of hydrogen-bond acceptors (Lipinski definition) is 5. The third-order valence-corrected chi connectivity index (χ3v) is 8.70. The number of hydrogen-bond donors (Lipinski definition) is 1. The van der Waals surface area contributed by atoms with Gasteiger partial charge in [-0.25, -0.2) is 8.42 Å². The first kappa shape index (κ1) is 32.2. The molecule has 0 aromatic heterocycles. The van der Waals surface area contributed by atoms with Crippen LogP contribution < -0.4 is 14.4 Å². The molecule has 41 heavy (non-hydrogen) atoms. The van der Waals surface area contributed by atoms with Crippen molar-refractivity contribution in [3.63, 3.8) is 0 Å². The summed E-state index contributed by atoms with van der Waals surface area (Å²) in [6, 6.07) is 18.4. The molecule has 8 nitrogen and oxygen atoms in total. The van der Waals surface area contributed by atoms with Gasteiger partial charge in [0.2, 0.25) is 11.8 Å². The normalized spacial score (nSPS) is 12.4. The largest absolute Gasteiger partial charge is 0.497 e. The molecule has 0 fully saturated rings. The molecule has 0 saturated heterocycles. The van der Waals surface area contributed by atoms with E-state index in [1.165, 1.54) is 42.3 Å². The topological polar surface area (TPSA) is 96.0 Å². The zero-order valence-electron chi connectivity index (χ0n) is 23.7. The Kier molecular flexibility index (Phi) is 10.7. The zero-order valence-corrected chi connectivity index (χ0v) is 26.1. The molecular weight excluding hydrogens is 585 g/mol. The highest BCUT2D eigenvalue weighted by atomic mass is 35.5. The molecule has 3 rings (SSSR count). The van der Waals surface area contributed by atoms with Gasteiger partial charge < -0.3 is 15.0 Å². The van der Waals surface area contributed by atoms with Gasteiger partial charge in [0.15, 0.2) is 0 Å². The molecule has 1 atom stereocenters. The molecule has 220 valence electrons. The lowest BCUT2D eigenvalue weighted by molar-refractivity contribution is -0.141. The number of halogens is 2. The second kappa shape index (κ2) is 13.6. The summed E-state index contributed by atoms with van der Waals surface area (Å²) in [6.07, 6.45) is 0.301. The van der Waals surface area contributed by atoms with E-state index >= 15 is 0 Å². The summed E-state index contributed by atoms with van der Waals surface area (Å²) in [5.41, 5.74) is 0.328. The summed E-state index contributed by atoms with van der Waals surface area (Å²) < 4.78 is 34.1. The first-order chi connectivity index (χ1) is 19.3. The number of nitrogens with zero attached hydrogens (tertiary/aromatic N) is 2. The molecule has 1 N–H and O–H groups in total. The van der Waals surface area contributed by atoms with Gasteiger partial charge in [-0.05, 0) is 75.2 Å². The maximum absolute atomic E-state index is 14.1. The van der Waals surface area contributed by atoms with Crippen LogP contribution in [0.5, 0.6) is 5.75 Å². The Morgan fingerprint density at radius 2 is 1.63 bits per heavy atom.